The van der Waals surface area contributed by atoms with Crippen LogP contribution in [-0.2, 0) is 6.98 Å². The largest absolute Gasteiger partial charge is 0.294 e. The summed E-state index contributed by atoms with van der Waals surface area (Å²) in [5.74, 6) is 0.872. The van der Waals surface area contributed by atoms with E-state index in [1.807, 2.05) is 35.0 Å². The van der Waals surface area contributed by atoms with Crippen LogP contribution in [0.3, 0.4) is 0 Å². The predicted molar refractivity (Wildman–Crippen MR) is 211 cm³/mol. The van der Waals surface area contributed by atoms with Crippen LogP contribution < -0.4 is 14.9 Å². The lowest BCUT2D eigenvalue weighted by molar-refractivity contribution is -0.645. The molecule has 0 atom stereocenters. The molecule has 0 bridgehead atoms. The number of aryl methyl sites for hydroxylation is 1. The maximum absolute atomic E-state index is 8.15. The van der Waals surface area contributed by atoms with Crippen molar-refractivity contribution < 1.29 is 8.68 Å². The Morgan fingerprint density at radius 3 is 2.12 bits per heavy atom. The fourth-order valence-electron chi connectivity index (χ4n) is 7.45. The highest BCUT2D eigenvalue weighted by Crippen LogP contribution is 2.35. The summed E-state index contributed by atoms with van der Waals surface area (Å²) in [6.07, 6.45) is 3.62. The van der Waals surface area contributed by atoms with Gasteiger partial charge in [-0.2, -0.15) is 4.57 Å². The minimum absolute atomic E-state index is 0.675. The molecule has 0 unspecified atom stereocenters. The molecule has 4 nitrogen and oxygen atoms in total. The van der Waals surface area contributed by atoms with E-state index in [-0.39, 0.29) is 0 Å². The van der Waals surface area contributed by atoms with E-state index in [4.69, 9.17) is 9.10 Å². The van der Waals surface area contributed by atoms with Crippen LogP contribution in [0.25, 0.3) is 66.6 Å². The van der Waals surface area contributed by atoms with Crippen LogP contribution in [0.1, 0.15) is 4.11 Å². The molecule has 0 amide bonds. The third-order valence-electron chi connectivity index (χ3n) is 10.2. The summed E-state index contributed by atoms with van der Waals surface area (Å²) in [6.45, 7) is 2.48. The molecule has 3 heterocycles. The molecule has 0 fully saturated rings. The predicted octanol–water partition coefficient (Wildman–Crippen LogP) is 9.10. The first-order valence-electron chi connectivity index (χ1n) is 18.5. The van der Waals surface area contributed by atoms with Gasteiger partial charge >= 0.3 is 0 Å². The molecule has 9 aromatic rings. The Morgan fingerprint density at radius 2 is 1.28 bits per heavy atom. The fourth-order valence-corrected chi connectivity index (χ4v) is 9.80. The molecule has 0 aliphatic heterocycles. The minimum Gasteiger partial charge on any atom is -0.294 e. The molecule has 0 aliphatic carbocycles. The number of hydrogen-bond donors (Lipinski definition) is 0. The van der Waals surface area contributed by atoms with E-state index < -0.39 is 15.0 Å². The number of imidazole rings is 1. The third kappa shape index (κ3) is 4.89. The SMILES string of the molecule is [2H]C([2H])([2H])[n+]1cn(-c2cccc([Si](C)(C)c3ccc4c5ccccc5n(-c5cc(-c6ccccc6-c6ccccc6)ccn5)c4c3)c2)c2ccccc21. The van der Waals surface area contributed by atoms with Crippen molar-refractivity contribution in [3.05, 3.63) is 170 Å². The van der Waals surface area contributed by atoms with Gasteiger partial charge in [-0.3, -0.25) is 4.57 Å². The summed E-state index contributed by atoms with van der Waals surface area (Å²) in [7, 11) is -2.28. The number of rotatable bonds is 6. The van der Waals surface area contributed by atoms with Gasteiger partial charge in [0, 0.05) is 17.0 Å². The molecule has 0 aliphatic rings. The van der Waals surface area contributed by atoms with E-state index in [2.05, 4.69) is 151 Å². The quantitative estimate of drug-likeness (QED) is 0.129. The van der Waals surface area contributed by atoms with Crippen molar-refractivity contribution in [1.29, 1.82) is 0 Å². The zero-order valence-corrected chi connectivity index (χ0v) is 29.0. The molecule has 0 saturated heterocycles. The standard InChI is InChI=1S/C45H37N4Si/c1-47-31-48(43-23-12-11-22-42(43)47)34-16-13-17-35(29-34)50(2,3)36-24-25-40-39-20-9-10-21-41(39)49(44(40)30-36)45-28-33(26-27-46-45)38-19-8-7-18-37(38)32-14-5-4-6-15-32/h4-31H,1-3H3/q+1/i1D3. The summed E-state index contributed by atoms with van der Waals surface area (Å²) in [4.78, 5) is 4.98. The second kappa shape index (κ2) is 11.8. The Balaban J connectivity index is 1.17. The lowest BCUT2D eigenvalue weighted by atomic mass is 9.95. The number of hydrogen-bond acceptors (Lipinski definition) is 1. The summed E-state index contributed by atoms with van der Waals surface area (Å²) >= 11 is 0. The van der Waals surface area contributed by atoms with Gasteiger partial charge in [-0.25, -0.2) is 9.55 Å². The first kappa shape index (κ1) is 26.9. The molecule has 5 heteroatoms. The van der Waals surface area contributed by atoms with Gasteiger partial charge in [0.05, 0.1) is 22.1 Å². The topological polar surface area (TPSA) is 26.6 Å². The number of pyridine rings is 1. The minimum atomic E-state index is -2.29. The van der Waals surface area contributed by atoms with Crippen LogP contribution >= 0.6 is 0 Å². The Hall–Kier alpha value is -6.04. The molecular weight excluding hydrogens is 625 g/mol. The molecule has 0 spiro atoms. The number of fused-ring (bicyclic) bond motifs is 4. The number of para-hydroxylation sites is 3. The Kier molecular flexibility index (Phi) is 6.35. The molecule has 6 aromatic carbocycles. The van der Waals surface area contributed by atoms with Crippen LogP contribution in [0.4, 0.5) is 0 Å². The van der Waals surface area contributed by atoms with Crippen LogP contribution in [0.5, 0.6) is 0 Å². The van der Waals surface area contributed by atoms with E-state index in [1.54, 1.807) is 6.33 Å². The molecule has 3 aromatic heterocycles. The van der Waals surface area contributed by atoms with E-state index in [0.717, 1.165) is 39.2 Å². The first-order chi connectivity index (χ1) is 25.7. The molecule has 0 saturated carbocycles. The van der Waals surface area contributed by atoms with Crippen LogP contribution in [0, 0.1) is 0 Å². The first-order valence-corrected chi connectivity index (χ1v) is 20.0. The van der Waals surface area contributed by atoms with Crippen LogP contribution in [0.2, 0.25) is 13.1 Å². The highest BCUT2D eigenvalue weighted by Gasteiger charge is 2.29. The van der Waals surface area contributed by atoms with Gasteiger partial charge in [-0.15, -0.1) is 0 Å². The second-order valence-electron chi connectivity index (χ2n) is 13.4. The maximum atomic E-state index is 8.15. The number of benzene rings is 6. The van der Waals surface area contributed by atoms with Gasteiger partial charge in [0.25, 0.3) is 0 Å². The summed E-state index contributed by atoms with van der Waals surface area (Å²) in [5.41, 5.74) is 9.35. The molecule has 0 N–H and O–H groups in total. The van der Waals surface area contributed by atoms with Crippen molar-refractivity contribution in [2.75, 3.05) is 0 Å². The average Bonchev–Trinajstić information content (AvgIpc) is 3.75. The summed E-state index contributed by atoms with van der Waals surface area (Å²) < 4.78 is 30.1. The monoisotopic (exact) mass is 664 g/mol. The molecule has 50 heavy (non-hydrogen) atoms. The van der Waals surface area contributed by atoms with Gasteiger partial charge in [0.15, 0.2) is 11.0 Å². The fraction of sp³-hybridized carbons (Fsp3) is 0.0667. The summed E-state index contributed by atoms with van der Waals surface area (Å²) in [5, 5.41) is 4.93. The van der Waals surface area contributed by atoms with Crippen LogP contribution in [0.15, 0.2) is 170 Å². The third-order valence-corrected chi connectivity index (χ3v) is 13.7. The number of aromatic nitrogens is 4. The number of nitrogens with zero attached hydrogens (tertiary/aromatic N) is 4. The van der Waals surface area contributed by atoms with E-state index in [0.29, 0.717) is 5.52 Å². The van der Waals surface area contributed by atoms with Gasteiger partial charge in [-0.05, 0) is 70.8 Å². The Morgan fingerprint density at radius 1 is 0.580 bits per heavy atom. The second-order valence-corrected chi connectivity index (χ2v) is 17.8. The molecule has 0 radical (unpaired) electrons. The average molecular weight is 665 g/mol. The van der Waals surface area contributed by atoms with Crippen molar-refractivity contribution in [2.45, 2.75) is 13.1 Å². The lowest BCUT2D eigenvalue weighted by Gasteiger charge is -2.24. The van der Waals surface area contributed by atoms with Crippen LogP contribution in [-0.4, -0.2) is 22.2 Å². The summed E-state index contributed by atoms with van der Waals surface area (Å²) in [6, 6.07) is 55.2. The van der Waals surface area contributed by atoms with E-state index in [1.165, 1.54) is 36.8 Å². The smallest absolute Gasteiger partial charge is 0.249 e. The highest BCUT2D eigenvalue weighted by molar-refractivity contribution is 7.00. The molecular formula is C45H37N4Si+. The van der Waals surface area contributed by atoms with Gasteiger partial charge in [0.2, 0.25) is 6.33 Å². The van der Waals surface area contributed by atoms with Crippen molar-refractivity contribution in [3.63, 3.8) is 0 Å². The van der Waals surface area contributed by atoms with Crippen molar-refractivity contribution >= 4 is 51.3 Å². The highest BCUT2D eigenvalue weighted by atomic mass is 28.3. The molecule has 240 valence electrons. The maximum Gasteiger partial charge on any atom is 0.249 e. The van der Waals surface area contributed by atoms with E-state index >= 15 is 0 Å². The Labute approximate surface area is 297 Å². The van der Waals surface area contributed by atoms with Gasteiger partial charge in [-0.1, -0.05) is 133 Å². The molecule has 9 rings (SSSR count). The zero-order chi connectivity index (χ0) is 36.3. The lowest BCUT2D eigenvalue weighted by Crippen LogP contribution is -2.52. The Bertz CT molecular complexity index is 2820. The van der Waals surface area contributed by atoms with Crippen molar-refractivity contribution in [1.82, 2.24) is 14.1 Å². The van der Waals surface area contributed by atoms with E-state index in [9.17, 15) is 0 Å². The normalized spacial score (nSPS) is 13.0. The van der Waals surface area contributed by atoms with Gasteiger partial charge in [0.1, 0.15) is 19.6 Å². The van der Waals surface area contributed by atoms with Crippen molar-refractivity contribution in [3.8, 4) is 33.8 Å². The van der Waals surface area contributed by atoms with Crippen molar-refractivity contribution in [2.24, 2.45) is 6.98 Å². The van der Waals surface area contributed by atoms with Gasteiger partial charge < -0.3 is 0 Å². The zero-order valence-electron chi connectivity index (χ0n) is 31.0.